The van der Waals surface area contributed by atoms with Crippen LogP contribution in [-0.2, 0) is 0 Å². The topological polar surface area (TPSA) is 57.0 Å². The lowest BCUT2D eigenvalue weighted by molar-refractivity contribution is 0.111. The molecule has 1 fully saturated rings. The molecule has 5 heteroatoms. The van der Waals surface area contributed by atoms with Crippen LogP contribution in [0, 0.1) is 0 Å². The molecule has 1 aliphatic rings. The minimum Gasteiger partial charge on any atom is -0.491 e. The van der Waals surface area contributed by atoms with E-state index in [0.717, 1.165) is 42.7 Å². The van der Waals surface area contributed by atoms with Crippen molar-refractivity contribution in [3.8, 4) is 11.4 Å². The van der Waals surface area contributed by atoms with Gasteiger partial charge >= 0.3 is 0 Å². The standard InChI is InChI=1S/C15H17N3O2/c1-2-9-20-14-6-4-3-5-13(14)18-15(11-7-8-11)12(10-19)16-17-18/h3-6,10-11H,2,7-9H2,1H3. The molecule has 0 radical (unpaired) electrons. The summed E-state index contributed by atoms with van der Waals surface area (Å²) in [6.07, 6.45) is 3.91. The number of aldehydes is 1. The molecule has 3 rings (SSSR count). The van der Waals surface area contributed by atoms with E-state index < -0.39 is 0 Å². The number of para-hydroxylation sites is 2. The Kier molecular flexibility index (Phi) is 3.50. The molecule has 0 saturated heterocycles. The molecule has 1 heterocycles. The van der Waals surface area contributed by atoms with Gasteiger partial charge in [-0.05, 0) is 31.4 Å². The van der Waals surface area contributed by atoms with Crippen LogP contribution in [0.4, 0.5) is 0 Å². The Balaban J connectivity index is 2.04. The first-order chi connectivity index (χ1) is 9.85. The van der Waals surface area contributed by atoms with Gasteiger partial charge in [-0.3, -0.25) is 4.79 Å². The Morgan fingerprint density at radius 2 is 2.20 bits per heavy atom. The van der Waals surface area contributed by atoms with Crippen molar-refractivity contribution < 1.29 is 9.53 Å². The Bertz CT molecular complexity index is 617. The van der Waals surface area contributed by atoms with Gasteiger partial charge in [0.25, 0.3) is 0 Å². The third kappa shape index (κ3) is 2.31. The predicted octanol–water partition coefficient (Wildman–Crippen LogP) is 2.75. The number of hydrogen-bond acceptors (Lipinski definition) is 4. The lowest BCUT2D eigenvalue weighted by Gasteiger charge is -2.12. The molecule has 1 aliphatic carbocycles. The number of ether oxygens (including phenoxy) is 1. The number of nitrogens with zero attached hydrogens (tertiary/aromatic N) is 3. The minimum absolute atomic E-state index is 0.393. The molecule has 0 bridgehead atoms. The van der Waals surface area contributed by atoms with Crippen LogP contribution in [0.15, 0.2) is 24.3 Å². The quantitative estimate of drug-likeness (QED) is 0.758. The fourth-order valence-electron chi connectivity index (χ4n) is 2.27. The van der Waals surface area contributed by atoms with Gasteiger partial charge in [0, 0.05) is 5.92 Å². The summed E-state index contributed by atoms with van der Waals surface area (Å²) in [6, 6.07) is 7.74. The van der Waals surface area contributed by atoms with E-state index in [0.29, 0.717) is 18.2 Å². The third-order valence-corrected chi connectivity index (χ3v) is 3.36. The average Bonchev–Trinajstić information content (AvgIpc) is 3.24. The fraction of sp³-hybridized carbons (Fsp3) is 0.400. The van der Waals surface area contributed by atoms with E-state index in [9.17, 15) is 4.79 Å². The molecule has 2 aromatic rings. The Morgan fingerprint density at radius 1 is 1.40 bits per heavy atom. The van der Waals surface area contributed by atoms with Crippen LogP contribution in [0.5, 0.6) is 5.75 Å². The lowest BCUT2D eigenvalue weighted by Crippen LogP contribution is -2.06. The summed E-state index contributed by atoms with van der Waals surface area (Å²) in [6.45, 7) is 2.73. The number of aromatic nitrogens is 3. The van der Waals surface area contributed by atoms with Crippen LogP contribution >= 0.6 is 0 Å². The highest BCUT2D eigenvalue weighted by Crippen LogP contribution is 2.42. The summed E-state index contributed by atoms with van der Waals surface area (Å²) < 4.78 is 7.52. The van der Waals surface area contributed by atoms with E-state index in [2.05, 4.69) is 17.2 Å². The average molecular weight is 271 g/mol. The largest absolute Gasteiger partial charge is 0.491 e. The van der Waals surface area contributed by atoms with E-state index in [4.69, 9.17) is 4.74 Å². The van der Waals surface area contributed by atoms with E-state index in [1.165, 1.54) is 0 Å². The molecule has 0 N–H and O–H groups in total. The smallest absolute Gasteiger partial charge is 0.172 e. The van der Waals surface area contributed by atoms with Crippen molar-refractivity contribution >= 4 is 6.29 Å². The van der Waals surface area contributed by atoms with Crippen molar-refractivity contribution in [2.75, 3.05) is 6.61 Å². The zero-order valence-corrected chi connectivity index (χ0v) is 11.5. The predicted molar refractivity (Wildman–Crippen MR) is 74.5 cm³/mol. The first kappa shape index (κ1) is 12.8. The van der Waals surface area contributed by atoms with Crippen LogP contribution in [0.2, 0.25) is 0 Å². The molecule has 0 unspecified atom stereocenters. The van der Waals surface area contributed by atoms with Gasteiger partial charge in [-0.1, -0.05) is 24.3 Å². The molecule has 104 valence electrons. The van der Waals surface area contributed by atoms with E-state index >= 15 is 0 Å². The van der Waals surface area contributed by atoms with Crippen LogP contribution in [0.25, 0.3) is 5.69 Å². The summed E-state index contributed by atoms with van der Waals surface area (Å²) in [7, 11) is 0. The summed E-state index contributed by atoms with van der Waals surface area (Å²) in [5.74, 6) is 1.17. The van der Waals surface area contributed by atoms with Crippen molar-refractivity contribution in [1.82, 2.24) is 15.0 Å². The number of carbonyl (C=O) groups excluding carboxylic acids is 1. The maximum atomic E-state index is 11.1. The Hall–Kier alpha value is -2.17. The van der Waals surface area contributed by atoms with Gasteiger partial charge in [-0.2, -0.15) is 0 Å². The monoisotopic (exact) mass is 271 g/mol. The van der Waals surface area contributed by atoms with Gasteiger partial charge in [-0.25, -0.2) is 4.68 Å². The van der Waals surface area contributed by atoms with E-state index in [-0.39, 0.29) is 0 Å². The second-order valence-corrected chi connectivity index (χ2v) is 4.98. The van der Waals surface area contributed by atoms with Gasteiger partial charge in [0.2, 0.25) is 0 Å². The molecule has 1 aromatic carbocycles. The third-order valence-electron chi connectivity index (χ3n) is 3.36. The summed E-state index contributed by atoms with van der Waals surface area (Å²) in [4.78, 5) is 11.1. The minimum atomic E-state index is 0.393. The van der Waals surface area contributed by atoms with Gasteiger partial charge in [0.1, 0.15) is 17.1 Å². The first-order valence-corrected chi connectivity index (χ1v) is 6.98. The fourth-order valence-corrected chi connectivity index (χ4v) is 2.27. The molecular weight excluding hydrogens is 254 g/mol. The maximum absolute atomic E-state index is 11.1. The number of rotatable bonds is 6. The van der Waals surface area contributed by atoms with Crippen LogP contribution in [0.1, 0.15) is 48.3 Å². The number of carbonyl (C=O) groups is 1. The van der Waals surface area contributed by atoms with Crippen molar-refractivity contribution in [1.29, 1.82) is 0 Å². The molecule has 20 heavy (non-hydrogen) atoms. The summed E-state index contributed by atoms with van der Waals surface area (Å²) >= 11 is 0. The van der Waals surface area contributed by atoms with Crippen molar-refractivity contribution in [2.45, 2.75) is 32.1 Å². The number of hydrogen-bond donors (Lipinski definition) is 0. The SMILES string of the molecule is CCCOc1ccccc1-n1nnc(C=O)c1C1CC1. The highest BCUT2D eigenvalue weighted by atomic mass is 16.5. The number of benzene rings is 1. The van der Waals surface area contributed by atoms with E-state index in [1.54, 1.807) is 4.68 Å². The lowest BCUT2D eigenvalue weighted by atomic mass is 10.2. The summed E-state index contributed by atoms with van der Waals surface area (Å²) in [5.41, 5.74) is 2.20. The van der Waals surface area contributed by atoms with Crippen molar-refractivity contribution in [2.24, 2.45) is 0 Å². The van der Waals surface area contributed by atoms with Gasteiger partial charge in [-0.15, -0.1) is 5.10 Å². The second-order valence-electron chi connectivity index (χ2n) is 4.98. The molecule has 0 spiro atoms. The highest BCUT2D eigenvalue weighted by molar-refractivity contribution is 5.74. The second kappa shape index (κ2) is 5.45. The Labute approximate surface area is 117 Å². The molecule has 0 amide bonds. The van der Waals surface area contributed by atoms with Crippen LogP contribution < -0.4 is 4.74 Å². The normalized spacial score (nSPS) is 14.2. The molecule has 1 saturated carbocycles. The van der Waals surface area contributed by atoms with Gasteiger partial charge in [0.05, 0.1) is 12.3 Å². The van der Waals surface area contributed by atoms with Crippen molar-refractivity contribution in [3.05, 3.63) is 35.7 Å². The van der Waals surface area contributed by atoms with Gasteiger partial charge < -0.3 is 4.74 Å². The zero-order chi connectivity index (χ0) is 13.9. The van der Waals surface area contributed by atoms with Crippen LogP contribution in [-0.4, -0.2) is 27.9 Å². The van der Waals surface area contributed by atoms with E-state index in [1.807, 2.05) is 24.3 Å². The van der Waals surface area contributed by atoms with Crippen LogP contribution in [0.3, 0.4) is 0 Å². The first-order valence-electron chi connectivity index (χ1n) is 6.98. The highest BCUT2D eigenvalue weighted by Gasteiger charge is 2.32. The molecule has 5 nitrogen and oxygen atoms in total. The molecule has 1 aromatic heterocycles. The summed E-state index contributed by atoms with van der Waals surface area (Å²) in [5, 5.41) is 8.13. The van der Waals surface area contributed by atoms with Crippen molar-refractivity contribution in [3.63, 3.8) is 0 Å². The zero-order valence-electron chi connectivity index (χ0n) is 11.5. The van der Waals surface area contributed by atoms with Gasteiger partial charge in [0.15, 0.2) is 6.29 Å². The maximum Gasteiger partial charge on any atom is 0.172 e. The molecule has 0 atom stereocenters. The molecular formula is C15H17N3O2. The Morgan fingerprint density at radius 3 is 2.90 bits per heavy atom. The molecule has 0 aliphatic heterocycles.